The first-order chi connectivity index (χ1) is 12.7. The van der Waals surface area contributed by atoms with Crippen LogP contribution < -0.4 is 10.1 Å². The van der Waals surface area contributed by atoms with E-state index in [1.165, 1.54) is 12.0 Å². The number of aryl methyl sites for hydroxylation is 1. The van der Waals surface area contributed by atoms with Gasteiger partial charge in [0, 0.05) is 23.7 Å². The molecule has 6 heteroatoms. The maximum Gasteiger partial charge on any atom is 0.269 e. The van der Waals surface area contributed by atoms with Gasteiger partial charge in [0.15, 0.2) is 0 Å². The Hall–Kier alpha value is -2.34. The Labute approximate surface area is 153 Å². The number of aromatic amines is 1. The van der Waals surface area contributed by atoms with Gasteiger partial charge in [-0.1, -0.05) is 6.92 Å². The number of rotatable bonds is 5. The first-order valence-corrected chi connectivity index (χ1v) is 9.48. The molecule has 1 fully saturated rings. The predicted octanol–water partition coefficient (Wildman–Crippen LogP) is 2.40. The topological polar surface area (TPSA) is 70.2 Å². The fraction of sp³-hybridized carbons (Fsp3) is 0.500. The molecule has 1 aromatic heterocycles. The molecule has 0 spiro atoms. The van der Waals surface area contributed by atoms with Crippen LogP contribution in [0.2, 0.25) is 0 Å². The van der Waals surface area contributed by atoms with Gasteiger partial charge in [0.25, 0.3) is 5.91 Å². The molecule has 138 valence electrons. The third kappa shape index (κ3) is 2.98. The van der Waals surface area contributed by atoms with E-state index in [4.69, 9.17) is 4.74 Å². The molecule has 1 aromatic carbocycles. The van der Waals surface area contributed by atoms with Crippen molar-refractivity contribution in [3.8, 4) is 17.0 Å². The number of nitrogens with zero attached hydrogens (tertiary/aromatic N) is 2. The molecule has 2 aliphatic rings. The molecule has 1 aliphatic carbocycles. The van der Waals surface area contributed by atoms with Gasteiger partial charge in [-0.2, -0.15) is 5.10 Å². The molecule has 1 unspecified atom stereocenters. The number of nitrogens with one attached hydrogen (secondary N) is 2. The van der Waals surface area contributed by atoms with Crippen LogP contribution >= 0.6 is 0 Å². The molecule has 2 N–H and O–H groups in total. The van der Waals surface area contributed by atoms with Crippen molar-refractivity contribution in [3.05, 3.63) is 35.0 Å². The number of H-pyrrole nitrogens is 1. The molecular weight excluding hydrogens is 328 g/mol. The average molecular weight is 354 g/mol. The van der Waals surface area contributed by atoms with Gasteiger partial charge in [0.05, 0.1) is 12.8 Å². The summed E-state index contributed by atoms with van der Waals surface area (Å²) in [6.07, 6.45) is 4.09. The summed E-state index contributed by atoms with van der Waals surface area (Å²) < 4.78 is 5.31. The number of methoxy groups -OCH3 is 1. The summed E-state index contributed by atoms with van der Waals surface area (Å²) in [5.74, 6) is 0.816. The first-order valence-electron chi connectivity index (χ1n) is 9.48. The van der Waals surface area contributed by atoms with E-state index in [9.17, 15) is 4.79 Å². The normalized spacial score (nSPS) is 19.1. The molecule has 1 atom stereocenters. The van der Waals surface area contributed by atoms with Gasteiger partial charge in [0.2, 0.25) is 0 Å². The minimum Gasteiger partial charge on any atom is -0.497 e. The number of aromatic nitrogens is 2. The zero-order valence-electron chi connectivity index (χ0n) is 15.5. The van der Waals surface area contributed by atoms with Crippen LogP contribution in [0.3, 0.4) is 0 Å². The summed E-state index contributed by atoms with van der Waals surface area (Å²) in [4.78, 5) is 15.2. The Morgan fingerprint density at radius 3 is 3.12 bits per heavy atom. The molecule has 0 saturated carbocycles. The van der Waals surface area contributed by atoms with Crippen molar-refractivity contribution >= 4 is 5.91 Å². The Morgan fingerprint density at radius 1 is 1.42 bits per heavy atom. The fourth-order valence-electron chi connectivity index (χ4n) is 4.26. The van der Waals surface area contributed by atoms with E-state index >= 15 is 0 Å². The third-order valence-corrected chi connectivity index (χ3v) is 5.71. The third-order valence-electron chi connectivity index (χ3n) is 5.71. The van der Waals surface area contributed by atoms with Crippen LogP contribution in [-0.2, 0) is 12.8 Å². The van der Waals surface area contributed by atoms with E-state index < -0.39 is 0 Å². The zero-order valence-corrected chi connectivity index (χ0v) is 15.5. The molecule has 2 heterocycles. The number of fused-ring (bicyclic) bond motifs is 3. The monoisotopic (exact) mass is 354 g/mol. The number of benzene rings is 1. The lowest BCUT2D eigenvalue weighted by Gasteiger charge is -2.23. The van der Waals surface area contributed by atoms with Gasteiger partial charge >= 0.3 is 0 Å². The predicted molar refractivity (Wildman–Crippen MR) is 101 cm³/mol. The van der Waals surface area contributed by atoms with E-state index in [0.29, 0.717) is 18.3 Å². The summed E-state index contributed by atoms with van der Waals surface area (Å²) >= 11 is 0. The highest BCUT2D eigenvalue weighted by molar-refractivity contribution is 5.96. The van der Waals surface area contributed by atoms with Crippen LogP contribution in [0.15, 0.2) is 18.2 Å². The van der Waals surface area contributed by atoms with Crippen LogP contribution in [0.4, 0.5) is 0 Å². The van der Waals surface area contributed by atoms with Crippen molar-refractivity contribution in [2.24, 2.45) is 0 Å². The van der Waals surface area contributed by atoms with Crippen LogP contribution in [0, 0.1) is 0 Å². The van der Waals surface area contributed by atoms with Gasteiger partial charge in [0.1, 0.15) is 11.4 Å². The van der Waals surface area contributed by atoms with Crippen molar-refractivity contribution < 1.29 is 9.53 Å². The van der Waals surface area contributed by atoms with E-state index in [1.54, 1.807) is 7.11 Å². The van der Waals surface area contributed by atoms with Crippen molar-refractivity contribution in [3.63, 3.8) is 0 Å². The highest BCUT2D eigenvalue weighted by atomic mass is 16.5. The molecule has 26 heavy (non-hydrogen) atoms. The molecular formula is C20H26N4O2. The maximum atomic E-state index is 12.7. The SMILES string of the molecule is CCN1CCCC1CNC(=O)c1[nH]nc2c1CCc1cc(OC)ccc1-2. The highest BCUT2D eigenvalue weighted by Gasteiger charge is 2.27. The summed E-state index contributed by atoms with van der Waals surface area (Å²) in [6, 6.07) is 6.50. The van der Waals surface area contributed by atoms with Gasteiger partial charge < -0.3 is 10.1 Å². The average Bonchev–Trinajstić information content (AvgIpc) is 3.31. The van der Waals surface area contributed by atoms with Gasteiger partial charge in [-0.25, -0.2) is 0 Å². The Bertz CT molecular complexity index is 814. The Morgan fingerprint density at radius 2 is 2.31 bits per heavy atom. The van der Waals surface area contributed by atoms with Crippen LogP contribution in [0.5, 0.6) is 5.75 Å². The molecule has 0 radical (unpaired) electrons. The summed E-state index contributed by atoms with van der Waals surface area (Å²) in [5, 5.41) is 10.5. The number of hydrogen-bond acceptors (Lipinski definition) is 4. The fourth-order valence-corrected chi connectivity index (χ4v) is 4.26. The maximum absolute atomic E-state index is 12.7. The summed E-state index contributed by atoms with van der Waals surface area (Å²) in [7, 11) is 1.68. The first kappa shape index (κ1) is 17.1. The summed E-state index contributed by atoms with van der Waals surface area (Å²) in [6.45, 7) is 5.06. The van der Waals surface area contributed by atoms with E-state index in [0.717, 1.165) is 54.9 Å². The Balaban J connectivity index is 1.51. The summed E-state index contributed by atoms with van der Waals surface area (Å²) in [5.41, 5.74) is 4.85. The molecule has 1 aliphatic heterocycles. The van der Waals surface area contributed by atoms with E-state index in [2.05, 4.69) is 33.4 Å². The number of carbonyl (C=O) groups is 1. The molecule has 6 nitrogen and oxygen atoms in total. The second kappa shape index (κ2) is 7.11. The number of carbonyl (C=O) groups excluding carboxylic acids is 1. The molecule has 0 bridgehead atoms. The van der Waals surface area contributed by atoms with Crippen molar-refractivity contribution in [2.45, 2.75) is 38.6 Å². The van der Waals surface area contributed by atoms with Gasteiger partial charge in [-0.15, -0.1) is 0 Å². The second-order valence-corrected chi connectivity index (χ2v) is 7.08. The largest absolute Gasteiger partial charge is 0.497 e. The minimum atomic E-state index is -0.0429. The Kier molecular flexibility index (Phi) is 4.68. The minimum absolute atomic E-state index is 0.0429. The van der Waals surface area contributed by atoms with Crippen molar-refractivity contribution in [2.75, 3.05) is 26.7 Å². The number of likely N-dealkylation sites (tertiary alicyclic amines) is 1. The zero-order chi connectivity index (χ0) is 18.1. The van der Waals surface area contributed by atoms with Crippen LogP contribution in [-0.4, -0.2) is 53.8 Å². The second-order valence-electron chi connectivity index (χ2n) is 7.08. The highest BCUT2D eigenvalue weighted by Crippen LogP contribution is 2.35. The smallest absolute Gasteiger partial charge is 0.269 e. The number of hydrogen-bond donors (Lipinski definition) is 2. The standard InChI is InChI=1S/C20H26N4O2/c1-3-24-10-4-5-14(24)12-21-20(25)19-17-8-6-13-11-15(26-2)7-9-16(13)18(17)22-23-19/h7,9,11,14H,3-6,8,10,12H2,1-2H3,(H,21,25)(H,22,23). The molecule has 1 amide bonds. The molecule has 2 aromatic rings. The van der Waals surface area contributed by atoms with Crippen LogP contribution in [0.1, 0.15) is 41.4 Å². The molecule has 4 rings (SSSR count). The molecule has 1 saturated heterocycles. The van der Waals surface area contributed by atoms with Crippen molar-refractivity contribution in [1.29, 1.82) is 0 Å². The van der Waals surface area contributed by atoms with Crippen molar-refractivity contribution in [1.82, 2.24) is 20.4 Å². The quantitative estimate of drug-likeness (QED) is 0.865. The van der Waals surface area contributed by atoms with Gasteiger partial charge in [-0.3, -0.25) is 14.8 Å². The number of likely N-dealkylation sites (N-methyl/N-ethyl adjacent to an activating group) is 1. The van der Waals surface area contributed by atoms with Gasteiger partial charge in [-0.05, 0) is 62.5 Å². The number of amides is 1. The van der Waals surface area contributed by atoms with E-state index in [1.807, 2.05) is 12.1 Å². The van der Waals surface area contributed by atoms with Crippen LogP contribution in [0.25, 0.3) is 11.3 Å². The lowest BCUT2D eigenvalue weighted by molar-refractivity contribution is 0.0935. The lowest BCUT2D eigenvalue weighted by atomic mass is 9.89. The van der Waals surface area contributed by atoms with E-state index in [-0.39, 0.29) is 5.91 Å². The number of ether oxygens (including phenoxy) is 1. The lowest BCUT2D eigenvalue weighted by Crippen LogP contribution is -2.40.